The van der Waals surface area contributed by atoms with Crippen molar-refractivity contribution in [2.75, 3.05) is 6.54 Å². The summed E-state index contributed by atoms with van der Waals surface area (Å²) in [5, 5.41) is 3.21. The number of fused-ring (bicyclic) bond motifs is 1. The summed E-state index contributed by atoms with van der Waals surface area (Å²) >= 11 is 0. The lowest BCUT2D eigenvalue weighted by Gasteiger charge is -2.56. The summed E-state index contributed by atoms with van der Waals surface area (Å²) in [6.45, 7) is 2.53. The standard InChI is InChI=1S/C21H26N4O2/c1-12-18(19(22)26)24-17-4-2-3-16(25(12)17)20(27)23-11-21-8-13-5-14(9-21)7-15(6-13)10-21/h2-4,13-15H,5-11H2,1H3,(H2,22,26)(H,23,27). The first kappa shape index (κ1) is 16.8. The fraction of sp³-hybridized carbons (Fsp3) is 0.571. The fourth-order valence-corrected chi connectivity index (χ4v) is 6.51. The highest BCUT2D eigenvalue weighted by Gasteiger charge is 2.50. The summed E-state index contributed by atoms with van der Waals surface area (Å²) in [6.07, 6.45) is 7.99. The lowest BCUT2D eigenvalue weighted by molar-refractivity contribution is -0.0503. The van der Waals surface area contributed by atoms with Gasteiger partial charge in [0.1, 0.15) is 17.0 Å². The second-order valence-corrected chi connectivity index (χ2v) is 9.11. The van der Waals surface area contributed by atoms with Crippen LogP contribution < -0.4 is 11.1 Å². The van der Waals surface area contributed by atoms with Gasteiger partial charge in [0.15, 0.2) is 0 Å². The summed E-state index contributed by atoms with van der Waals surface area (Å²) in [7, 11) is 0. The summed E-state index contributed by atoms with van der Waals surface area (Å²) in [4.78, 5) is 28.9. The maximum Gasteiger partial charge on any atom is 0.269 e. The van der Waals surface area contributed by atoms with Gasteiger partial charge in [0.05, 0.1) is 5.69 Å². The molecule has 0 saturated heterocycles. The van der Waals surface area contributed by atoms with Crippen LogP contribution in [0.1, 0.15) is 65.2 Å². The lowest BCUT2D eigenvalue weighted by Crippen LogP contribution is -2.51. The molecular formula is C21H26N4O2. The molecule has 0 radical (unpaired) electrons. The van der Waals surface area contributed by atoms with Gasteiger partial charge in [-0.15, -0.1) is 0 Å². The molecule has 4 bridgehead atoms. The Hall–Kier alpha value is -2.37. The minimum absolute atomic E-state index is 0.104. The van der Waals surface area contributed by atoms with Crippen LogP contribution in [0.3, 0.4) is 0 Å². The highest BCUT2D eigenvalue weighted by Crippen LogP contribution is 2.59. The molecule has 4 aliphatic carbocycles. The molecule has 0 unspecified atom stereocenters. The molecule has 0 aromatic carbocycles. The van der Waals surface area contributed by atoms with E-state index in [1.54, 1.807) is 29.5 Å². The quantitative estimate of drug-likeness (QED) is 0.872. The van der Waals surface area contributed by atoms with E-state index in [0.717, 1.165) is 24.3 Å². The molecular weight excluding hydrogens is 340 g/mol. The van der Waals surface area contributed by atoms with Crippen LogP contribution in [-0.4, -0.2) is 27.7 Å². The topological polar surface area (TPSA) is 89.5 Å². The number of aromatic nitrogens is 2. The first-order chi connectivity index (χ1) is 12.9. The van der Waals surface area contributed by atoms with Crippen LogP contribution in [0.5, 0.6) is 0 Å². The number of carbonyl (C=O) groups excluding carboxylic acids is 2. The van der Waals surface area contributed by atoms with E-state index < -0.39 is 5.91 Å². The van der Waals surface area contributed by atoms with Crippen LogP contribution in [0.2, 0.25) is 0 Å². The first-order valence-corrected chi connectivity index (χ1v) is 10.0. The van der Waals surface area contributed by atoms with E-state index in [1.807, 2.05) is 0 Å². The summed E-state index contributed by atoms with van der Waals surface area (Å²) in [6, 6.07) is 5.36. The van der Waals surface area contributed by atoms with E-state index in [-0.39, 0.29) is 11.6 Å². The summed E-state index contributed by atoms with van der Waals surface area (Å²) < 4.78 is 1.73. The number of nitrogens with one attached hydrogen (secondary N) is 1. The highest BCUT2D eigenvalue weighted by atomic mass is 16.2. The third kappa shape index (κ3) is 2.65. The average molecular weight is 366 g/mol. The van der Waals surface area contributed by atoms with Crippen LogP contribution in [-0.2, 0) is 0 Å². The van der Waals surface area contributed by atoms with Gasteiger partial charge >= 0.3 is 0 Å². The molecule has 3 N–H and O–H groups in total. The van der Waals surface area contributed by atoms with Crippen LogP contribution in [0, 0.1) is 30.1 Å². The molecule has 2 aromatic rings. The first-order valence-electron chi connectivity index (χ1n) is 10.0. The fourth-order valence-electron chi connectivity index (χ4n) is 6.51. The van der Waals surface area contributed by atoms with Gasteiger partial charge < -0.3 is 11.1 Å². The van der Waals surface area contributed by atoms with E-state index in [0.29, 0.717) is 22.5 Å². The molecule has 0 atom stereocenters. The van der Waals surface area contributed by atoms with Crippen LogP contribution in [0.15, 0.2) is 18.2 Å². The molecule has 0 spiro atoms. The molecule has 142 valence electrons. The Balaban J connectivity index is 1.40. The maximum atomic E-state index is 13.0. The Bertz CT molecular complexity index is 910. The molecule has 6 rings (SSSR count). The van der Waals surface area contributed by atoms with Crippen molar-refractivity contribution in [2.24, 2.45) is 28.9 Å². The molecule has 2 heterocycles. The Morgan fingerprint density at radius 1 is 1.19 bits per heavy atom. The van der Waals surface area contributed by atoms with Gasteiger partial charge in [-0.1, -0.05) is 6.07 Å². The third-order valence-electron chi connectivity index (χ3n) is 7.13. The Kier molecular flexibility index (Phi) is 3.61. The van der Waals surface area contributed by atoms with Crippen molar-refractivity contribution in [3.8, 4) is 0 Å². The minimum Gasteiger partial charge on any atom is -0.364 e. The number of nitrogens with two attached hydrogens (primary N) is 1. The summed E-state index contributed by atoms with van der Waals surface area (Å²) in [5.41, 5.74) is 7.62. The maximum absolute atomic E-state index is 13.0. The zero-order valence-electron chi connectivity index (χ0n) is 15.7. The van der Waals surface area contributed by atoms with Crippen LogP contribution in [0.25, 0.3) is 5.65 Å². The van der Waals surface area contributed by atoms with E-state index in [2.05, 4.69) is 10.3 Å². The highest BCUT2D eigenvalue weighted by molar-refractivity contribution is 5.96. The predicted molar refractivity (Wildman–Crippen MR) is 101 cm³/mol. The third-order valence-corrected chi connectivity index (χ3v) is 7.13. The van der Waals surface area contributed by atoms with Gasteiger partial charge in [-0.3, -0.25) is 14.0 Å². The van der Waals surface area contributed by atoms with Gasteiger partial charge in [0.2, 0.25) is 0 Å². The molecule has 27 heavy (non-hydrogen) atoms. The largest absolute Gasteiger partial charge is 0.364 e. The molecule has 4 fully saturated rings. The van der Waals surface area contributed by atoms with Crippen molar-refractivity contribution in [2.45, 2.75) is 45.4 Å². The van der Waals surface area contributed by atoms with Crippen molar-refractivity contribution in [3.63, 3.8) is 0 Å². The number of imidazole rings is 1. The molecule has 2 aromatic heterocycles. The smallest absolute Gasteiger partial charge is 0.269 e. The predicted octanol–water partition coefficient (Wildman–Crippen LogP) is 2.69. The van der Waals surface area contributed by atoms with Crippen molar-refractivity contribution in [1.29, 1.82) is 0 Å². The number of pyridine rings is 1. The molecule has 0 aliphatic heterocycles. The molecule has 6 nitrogen and oxygen atoms in total. The SMILES string of the molecule is Cc1c(C(N)=O)nc2cccc(C(=O)NCC34CC5CC(CC(C5)C3)C4)n12. The van der Waals surface area contributed by atoms with E-state index in [4.69, 9.17) is 5.73 Å². The monoisotopic (exact) mass is 366 g/mol. The number of hydrogen-bond donors (Lipinski definition) is 2. The zero-order chi connectivity index (χ0) is 18.8. The van der Waals surface area contributed by atoms with Crippen LogP contribution in [0.4, 0.5) is 0 Å². The Labute approximate surface area is 158 Å². The van der Waals surface area contributed by atoms with Crippen molar-refractivity contribution < 1.29 is 9.59 Å². The van der Waals surface area contributed by atoms with E-state index in [1.165, 1.54) is 38.5 Å². The second kappa shape index (κ2) is 5.81. The van der Waals surface area contributed by atoms with Gasteiger partial charge in [-0.05, 0) is 80.8 Å². The van der Waals surface area contributed by atoms with Gasteiger partial charge in [-0.2, -0.15) is 0 Å². The number of carbonyl (C=O) groups is 2. The molecule has 4 saturated carbocycles. The number of nitrogens with zero attached hydrogens (tertiary/aromatic N) is 2. The average Bonchev–Trinajstić information content (AvgIpc) is 2.96. The Morgan fingerprint density at radius 3 is 2.41 bits per heavy atom. The number of aryl methyl sites for hydroxylation is 1. The van der Waals surface area contributed by atoms with E-state index in [9.17, 15) is 9.59 Å². The minimum atomic E-state index is -0.573. The van der Waals surface area contributed by atoms with Gasteiger partial charge in [-0.25, -0.2) is 4.98 Å². The zero-order valence-corrected chi connectivity index (χ0v) is 15.7. The van der Waals surface area contributed by atoms with Crippen molar-refractivity contribution >= 4 is 17.5 Å². The number of hydrogen-bond acceptors (Lipinski definition) is 3. The van der Waals surface area contributed by atoms with Crippen molar-refractivity contribution in [3.05, 3.63) is 35.3 Å². The lowest BCUT2D eigenvalue weighted by atomic mass is 9.49. The normalized spacial score (nSPS) is 31.4. The van der Waals surface area contributed by atoms with Gasteiger partial charge in [0, 0.05) is 6.54 Å². The number of amides is 2. The second-order valence-electron chi connectivity index (χ2n) is 9.11. The van der Waals surface area contributed by atoms with Crippen LogP contribution >= 0.6 is 0 Å². The number of primary amides is 1. The summed E-state index contributed by atoms with van der Waals surface area (Å²) in [5.74, 6) is 1.92. The van der Waals surface area contributed by atoms with Gasteiger partial charge in [0.25, 0.3) is 11.8 Å². The van der Waals surface area contributed by atoms with E-state index >= 15 is 0 Å². The molecule has 6 heteroatoms. The Morgan fingerprint density at radius 2 is 1.81 bits per heavy atom. The molecule has 4 aliphatic rings. The molecule has 2 amide bonds. The number of rotatable bonds is 4. The van der Waals surface area contributed by atoms with Crippen molar-refractivity contribution in [1.82, 2.24) is 14.7 Å².